The average Bonchev–Trinajstić information content (AvgIpc) is 3.05. The van der Waals surface area contributed by atoms with Gasteiger partial charge in [-0.1, -0.05) is 30.3 Å². The molecule has 0 aliphatic rings. The summed E-state index contributed by atoms with van der Waals surface area (Å²) in [7, 11) is 0. The van der Waals surface area contributed by atoms with Crippen LogP contribution in [0.2, 0.25) is 0 Å². The molecule has 0 fully saturated rings. The molecule has 0 saturated carbocycles. The first-order chi connectivity index (χ1) is 14.4. The Labute approximate surface area is 176 Å². The van der Waals surface area contributed by atoms with Gasteiger partial charge in [-0.15, -0.1) is 0 Å². The highest BCUT2D eigenvalue weighted by atomic mass is 16.1. The molecule has 0 radical (unpaired) electrons. The topological polar surface area (TPSA) is 81.6 Å². The lowest BCUT2D eigenvalue weighted by Crippen LogP contribution is -2.27. The molecule has 30 heavy (non-hydrogen) atoms. The molecule has 1 heterocycles. The van der Waals surface area contributed by atoms with Crippen molar-refractivity contribution < 1.29 is 4.79 Å². The Bertz CT molecular complexity index is 1170. The van der Waals surface area contributed by atoms with E-state index in [0.717, 1.165) is 28.2 Å². The van der Waals surface area contributed by atoms with Crippen LogP contribution in [0.15, 0.2) is 66.2 Å². The first-order valence-electron chi connectivity index (χ1n) is 9.61. The van der Waals surface area contributed by atoms with E-state index < -0.39 is 5.91 Å². The van der Waals surface area contributed by atoms with Crippen molar-refractivity contribution in [3.63, 3.8) is 0 Å². The van der Waals surface area contributed by atoms with E-state index in [1.54, 1.807) is 18.2 Å². The molecule has 3 aromatic rings. The summed E-state index contributed by atoms with van der Waals surface area (Å²) < 4.78 is 2.03. The maximum atomic E-state index is 12.7. The molecule has 1 amide bonds. The molecule has 3 rings (SSSR count). The molecule has 1 aromatic heterocycles. The summed E-state index contributed by atoms with van der Waals surface area (Å²) in [5.41, 5.74) is 5.23. The zero-order valence-corrected chi connectivity index (χ0v) is 17.2. The number of benzene rings is 2. The van der Waals surface area contributed by atoms with Crippen molar-refractivity contribution in [3.05, 3.63) is 94.3 Å². The second-order valence-corrected chi connectivity index (χ2v) is 7.10. The van der Waals surface area contributed by atoms with Crippen LogP contribution in [-0.4, -0.2) is 10.5 Å². The zero-order chi connectivity index (χ0) is 21.7. The minimum Gasteiger partial charge on any atom is -0.345 e. The van der Waals surface area contributed by atoms with E-state index in [9.17, 15) is 10.1 Å². The third kappa shape index (κ3) is 4.32. The van der Waals surface area contributed by atoms with Gasteiger partial charge in [-0.2, -0.15) is 10.5 Å². The molecule has 0 bridgehead atoms. The van der Waals surface area contributed by atoms with Crippen molar-refractivity contribution in [2.45, 2.75) is 26.8 Å². The summed E-state index contributed by atoms with van der Waals surface area (Å²) in [5, 5.41) is 21.4. The smallest absolute Gasteiger partial charge is 0.262 e. The van der Waals surface area contributed by atoms with E-state index in [4.69, 9.17) is 5.26 Å². The summed E-state index contributed by atoms with van der Waals surface area (Å²) in [5.74, 6) is -0.406. The fraction of sp³-hybridized carbons (Fsp3) is 0.160. The molecule has 0 aliphatic carbocycles. The molecule has 2 aromatic carbocycles. The van der Waals surface area contributed by atoms with E-state index in [1.807, 2.05) is 79.9 Å². The maximum Gasteiger partial charge on any atom is 0.262 e. The van der Waals surface area contributed by atoms with E-state index in [-0.39, 0.29) is 11.6 Å². The number of carbonyl (C=O) groups excluding carboxylic acids is 1. The average molecular weight is 394 g/mol. The number of carbonyl (C=O) groups is 1. The molecular weight excluding hydrogens is 372 g/mol. The summed E-state index contributed by atoms with van der Waals surface area (Å²) in [6, 6.07) is 22.8. The number of hydrogen-bond donors (Lipinski definition) is 1. The molecule has 5 nitrogen and oxygen atoms in total. The minimum absolute atomic E-state index is 0.0536. The second-order valence-electron chi connectivity index (χ2n) is 7.10. The van der Waals surface area contributed by atoms with Gasteiger partial charge in [-0.05, 0) is 68.3 Å². The monoisotopic (exact) mass is 394 g/mol. The first-order valence-corrected chi connectivity index (χ1v) is 9.61. The quantitative estimate of drug-likeness (QED) is 0.501. The number of nitrogens with zero attached hydrogens (tertiary/aromatic N) is 3. The van der Waals surface area contributed by atoms with Gasteiger partial charge in [0.2, 0.25) is 0 Å². The molecule has 0 unspecified atom stereocenters. The summed E-state index contributed by atoms with van der Waals surface area (Å²) >= 11 is 0. The zero-order valence-electron chi connectivity index (χ0n) is 17.2. The van der Waals surface area contributed by atoms with Crippen molar-refractivity contribution in [1.82, 2.24) is 9.88 Å². The third-order valence-corrected chi connectivity index (χ3v) is 5.04. The van der Waals surface area contributed by atoms with Crippen LogP contribution >= 0.6 is 0 Å². The number of aromatic nitrogens is 1. The predicted octanol–water partition coefficient (Wildman–Crippen LogP) is 4.75. The van der Waals surface area contributed by atoms with Gasteiger partial charge in [0, 0.05) is 17.1 Å². The Morgan fingerprint density at radius 2 is 1.73 bits per heavy atom. The van der Waals surface area contributed by atoms with Gasteiger partial charge in [0.05, 0.1) is 17.7 Å². The number of aryl methyl sites for hydroxylation is 1. The van der Waals surface area contributed by atoms with Crippen LogP contribution in [0.25, 0.3) is 11.8 Å². The highest BCUT2D eigenvalue weighted by Gasteiger charge is 2.16. The van der Waals surface area contributed by atoms with Crippen LogP contribution in [0.3, 0.4) is 0 Å². The molecule has 0 aliphatic heterocycles. The Balaban J connectivity index is 1.88. The van der Waals surface area contributed by atoms with Gasteiger partial charge in [0.15, 0.2) is 0 Å². The van der Waals surface area contributed by atoms with E-state index >= 15 is 0 Å². The van der Waals surface area contributed by atoms with Gasteiger partial charge in [0.1, 0.15) is 11.6 Å². The number of amides is 1. The van der Waals surface area contributed by atoms with E-state index in [1.165, 1.54) is 0 Å². The largest absolute Gasteiger partial charge is 0.345 e. The van der Waals surface area contributed by atoms with Crippen molar-refractivity contribution in [1.29, 1.82) is 10.5 Å². The number of nitrogens with one attached hydrogen (secondary N) is 1. The van der Waals surface area contributed by atoms with Crippen LogP contribution in [0.4, 0.5) is 0 Å². The van der Waals surface area contributed by atoms with Gasteiger partial charge in [-0.25, -0.2) is 0 Å². The number of nitriles is 2. The summed E-state index contributed by atoms with van der Waals surface area (Å²) in [4.78, 5) is 12.7. The van der Waals surface area contributed by atoms with Crippen molar-refractivity contribution in [3.8, 4) is 17.8 Å². The van der Waals surface area contributed by atoms with Crippen LogP contribution in [0.1, 0.15) is 41.0 Å². The van der Waals surface area contributed by atoms with Crippen LogP contribution in [0, 0.1) is 36.5 Å². The van der Waals surface area contributed by atoms with Crippen molar-refractivity contribution >= 4 is 12.0 Å². The van der Waals surface area contributed by atoms with Gasteiger partial charge >= 0.3 is 0 Å². The van der Waals surface area contributed by atoms with Crippen LogP contribution in [-0.2, 0) is 4.79 Å². The van der Waals surface area contributed by atoms with Crippen molar-refractivity contribution in [2.75, 3.05) is 0 Å². The molecular formula is C25H22N4O. The SMILES string of the molecule is Cc1cc(/C=C(/C#N)C(=O)N[C@H](C)c2ccccc2)c(C)n1-c1ccc(C#N)cc1. The molecule has 148 valence electrons. The van der Waals surface area contributed by atoms with Gasteiger partial charge in [0.25, 0.3) is 5.91 Å². The van der Waals surface area contributed by atoms with E-state index in [2.05, 4.69) is 11.4 Å². The highest BCUT2D eigenvalue weighted by molar-refractivity contribution is 6.02. The lowest BCUT2D eigenvalue weighted by Gasteiger charge is -2.13. The Hall–Kier alpha value is -4.09. The van der Waals surface area contributed by atoms with E-state index in [0.29, 0.717) is 5.56 Å². The van der Waals surface area contributed by atoms with Crippen LogP contribution < -0.4 is 5.32 Å². The Morgan fingerprint density at radius 1 is 1.07 bits per heavy atom. The van der Waals surface area contributed by atoms with Crippen LogP contribution in [0.5, 0.6) is 0 Å². The molecule has 1 atom stereocenters. The van der Waals surface area contributed by atoms with Gasteiger partial charge in [-0.3, -0.25) is 4.79 Å². The normalized spacial score (nSPS) is 12.0. The Kier molecular flexibility index (Phi) is 6.15. The minimum atomic E-state index is -0.406. The lowest BCUT2D eigenvalue weighted by molar-refractivity contribution is -0.117. The maximum absolute atomic E-state index is 12.7. The standard InChI is InChI=1S/C25H22N4O/c1-17-13-22(19(3)29(17)24-11-9-20(15-26)10-12-24)14-23(16-27)25(30)28-18(2)21-7-5-4-6-8-21/h4-14,18H,1-3H3,(H,28,30)/b23-14-/t18-/m1/s1. The number of hydrogen-bond acceptors (Lipinski definition) is 3. The fourth-order valence-corrected chi connectivity index (χ4v) is 3.42. The third-order valence-electron chi connectivity index (χ3n) is 5.04. The summed E-state index contributed by atoms with van der Waals surface area (Å²) in [6.07, 6.45) is 1.62. The number of rotatable bonds is 5. The predicted molar refractivity (Wildman–Crippen MR) is 117 cm³/mol. The molecule has 1 N–H and O–H groups in total. The highest BCUT2D eigenvalue weighted by Crippen LogP contribution is 2.23. The Morgan fingerprint density at radius 3 is 2.33 bits per heavy atom. The fourth-order valence-electron chi connectivity index (χ4n) is 3.42. The second kappa shape index (κ2) is 8.94. The molecule has 5 heteroatoms. The molecule has 0 spiro atoms. The van der Waals surface area contributed by atoms with Crippen molar-refractivity contribution in [2.24, 2.45) is 0 Å². The first kappa shape index (κ1) is 20.6. The van der Waals surface area contributed by atoms with Gasteiger partial charge < -0.3 is 9.88 Å². The lowest BCUT2D eigenvalue weighted by atomic mass is 10.1. The summed E-state index contributed by atoms with van der Waals surface area (Å²) in [6.45, 7) is 5.79. The molecule has 0 saturated heterocycles.